The second-order valence-corrected chi connectivity index (χ2v) is 7.24. The van der Waals surface area contributed by atoms with Gasteiger partial charge in [0, 0.05) is 41.8 Å². The van der Waals surface area contributed by atoms with Crippen molar-refractivity contribution in [2.75, 3.05) is 5.32 Å². The van der Waals surface area contributed by atoms with E-state index in [-0.39, 0.29) is 18.4 Å². The Morgan fingerprint density at radius 3 is 2.88 bits per heavy atom. The van der Waals surface area contributed by atoms with Gasteiger partial charge in [0.25, 0.3) is 0 Å². The van der Waals surface area contributed by atoms with E-state index in [1.54, 1.807) is 6.20 Å². The Morgan fingerprint density at radius 2 is 2.08 bits per heavy atom. The molecule has 0 radical (unpaired) electrons. The van der Waals surface area contributed by atoms with Crippen molar-refractivity contribution in [1.82, 2.24) is 14.5 Å². The smallest absolute Gasteiger partial charge is 0.223 e. The van der Waals surface area contributed by atoms with E-state index in [1.165, 1.54) is 0 Å². The van der Waals surface area contributed by atoms with Gasteiger partial charge in [-0.2, -0.15) is 0 Å². The maximum atomic E-state index is 6.42. The van der Waals surface area contributed by atoms with Crippen LogP contribution in [0.5, 0.6) is 0 Å². The molecule has 1 aromatic carbocycles. The number of rotatable bonds is 3. The number of halogens is 2. The second-order valence-electron chi connectivity index (χ2n) is 6.83. The first-order valence-electron chi connectivity index (χ1n) is 8.71. The number of hydrogen-bond donors (Lipinski definition) is 2. The molecular formula is C19H23Cl2N5. The minimum Gasteiger partial charge on any atom is -0.351 e. The summed E-state index contributed by atoms with van der Waals surface area (Å²) in [5.74, 6) is 0.617. The van der Waals surface area contributed by atoms with Crippen LogP contribution in [0.4, 0.5) is 5.95 Å². The molecule has 0 bridgehead atoms. The molecule has 4 rings (SSSR count). The highest BCUT2D eigenvalue weighted by Gasteiger charge is 2.21. The Labute approximate surface area is 164 Å². The van der Waals surface area contributed by atoms with Gasteiger partial charge in [-0.15, -0.1) is 12.4 Å². The fourth-order valence-electron chi connectivity index (χ4n) is 3.70. The van der Waals surface area contributed by atoms with Crippen molar-refractivity contribution in [3.63, 3.8) is 0 Å². The molecule has 2 heterocycles. The van der Waals surface area contributed by atoms with Gasteiger partial charge >= 0.3 is 0 Å². The van der Waals surface area contributed by atoms with Crippen molar-refractivity contribution in [3.8, 4) is 11.3 Å². The van der Waals surface area contributed by atoms with E-state index < -0.39 is 0 Å². The molecule has 7 heteroatoms. The monoisotopic (exact) mass is 391 g/mol. The molecule has 0 unspecified atom stereocenters. The van der Waals surface area contributed by atoms with Gasteiger partial charge in [-0.05, 0) is 31.7 Å². The summed E-state index contributed by atoms with van der Waals surface area (Å²) in [5, 5.41) is 5.13. The first-order valence-corrected chi connectivity index (χ1v) is 9.08. The van der Waals surface area contributed by atoms with Crippen LogP contribution in [0.2, 0.25) is 5.02 Å². The maximum Gasteiger partial charge on any atom is 0.223 e. The van der Waals surface area contributed by atoms with E-state index in [4.69, 9.17) is 22.3 Å². The number of aromatic nitrogens is 3. The van der Waals surface area contributed by atoms with Crippen LogP contribution in [0, 0.1) is 0 Å². The molecule has 3 N–H and O–H groups in total. The molecule has 26 heavy (non-hydrogen) atoms. The Balaban J connectivity index is 0.00000196. The van der Waals surface area contributed by atoms with Crippen LogP contribution in [0.1, 0.15) is 25.7 Å². The normalized spacial score (nSPS) is 20.0. The standard InChI is InChI=1S/C19H22ClN5.ClH/c1-25-11-15(14-7-2-3-8-17(14)25)18-16(20)10-22-19(24-18)23-13-6-4-5-12(21)9-13;/h2-3,7-8,10-13H,4-6,9,21H2,1H3,(H,22,23,24);1H/t12-,13+;/m0./s1. The first-order chi connectivity index (χ1) is 12.1. The highest BCUT2D eigenvalue weighted by molar-refractivity contribution is 6.33. The summed E-state index contributed by atoms with van der Waals surface area (Å²) in [4.78, 5) is 9.09. The average molecular weight is 392 g/mol. The van der Waals surface area contributed by atoms with E-state index in [0.29, 0.717) is 17.0 Å². The van der Waals surface area contributed by atoms with Crippen molar-refractivity contribution in [3.05, 3.63) is 41.7 Å². The summed E-state index contributed by atoms with van der Waals surface area (Å²) >= 11 is 6.42. The van der Waals surface area contributed by atoms with Gasteiger partial charge < -0.3 is 15.6 Å². The topological polar surface area (TPSA) is 68.8 Å². The molecule has 5 nitrogen and oxygen atoms in total. The van der Waals surface area contributed by atoms with Gasteiger partial charge in [-0.3, -0.25) is 0 Å². The van der Waals surface area contributed by atoms with Gasteiger partial charge in [-0.1, -0.05) is 29.8 Å². The quantitative estimate of drug-likeness (QED) is 0.694. The van der Waals surface area contributed by atoms with Crippen LogP contribution in [0.15, 0.2) is 36.7 Å². The molecule has 0 spiro atoms. The van der Waals surface area contributed by atoms with E-state index >= 15 is 0 Å². The fourth-order valence-corrected chi connectivity index (χ4v) is 3.89. The lowest BCUT2D eigenvalue weighted by atomic mass is 9.92. The maximum absolute atomic E-state index is 6.42. The minimum absolute atomic E-state index is 0. The van der Waals surface area contributed by atoms with Crippen LogP contribution in [-0.2, 0) is 7.05 Å². The van der Waals surface area contributed by atoms with Crippen molar-refractivity contribution >= 4 is 40.9 Å². The van der Waals surface area contributed by atoms with Crippen LogP contribution in [0.3, 0.4) is 0 Å². The van der Waals surface area contributed by atoms with Gasteiger partial charge in [-0.25, -0.2) is 9.97 Å². The Hall–Kier alpha value is -1.82. The minimum atomic E-state index is 0. The summed E-state index contributed by atoms with van der Waals surface area (Å²) in [7, 11) is 2.03. The van der Waals surface area contributed by atoms with Crippen LogP contribution < -0.4 is 11.1 Å². The molecule has 1 fully saturated rings. The van der Waals surface area contributed by atoms with Crippen molar-refractivity contribution in [1.29, 1.82) is 0 Å². The highest BCUT2D eigenvalue weighted by Crippen LogP contribution is 2.33. The third kappa shape index (κ3) is 3.65. The summed E-state index contributed by atoms with van der Waals surface area (Å²) in [5.41, 5.74) is 9.02. The van der Waals surface area contributed by atoms with Crippen molar-refractivity contribution in [2.24, 2.45) is 12.8 Å². The van der Waals surface area contributed by atoms with Crippen LogP contribution >= 0.6 is 24.0 Å². The average Bonchev–Trinajstić information content (AvgIpc) is 2.94. The van der Waals surface area contributed by atoms with Crippen LogP contribution in [0.25, 0.3) is 22.2 Å². The Bertz CT molecular complexity index is 908. The number of para-hydroxylation sites is 1. The van der Waals surface area contributed by atoms with Gasteiger partial charge in [0.1, 0.15) is 0 Å². The number of hydrogen-bond acceptors (Lipinski definition) is 4. The number of fused-ring (bicyclic) bond motifs is 1. The van der Waals surface area contributed by atoms with Gasteiger partial charge in [0.2, 0.25) is 5.95 Å². The number of benzene rings is 1. The predicted molar refractivity (Wildman–Crippen MR) is 110 cm³/mol. The SMILES string of the molecule is Cl.Cn1cc(-c2nc(N[C@@H]3CCC[C@H](N)C3)ncc2Cl)c2ccccc21. The number of nitrogens with zero attached hydrogens (tertiary/aromatic N) is 3. The number of nitrogens with two attached hydrogens (primary N) is 1. The zero-order valence-corrected chi connectivity index (χ0v) is 16.2. The molecule has 138 valence electrons. The molecule has 3 aromatic rings. The van der Waals surface area contributed by atoms with E-state index in [0.717, 1.165) is 47.8 Å². The lowest BCUT2D eigenvalue weighted by Gasteiger charge is -2.27. The molecular weight excluding hydrogens is 369 g/mol. The van der Waals surface area contributed by atoms with E-state index in [1.807, 2.05) is 19.2 Å². The predicted octanol–water partition coefficient (Wildman–Crippen LogP) is 4.39. The van der Waals surface area contributed by atoms with Crippen molar-refractivity contribution < 1.29 is 0 Å². The number of aryl methyl sites for hydroxylation is 1. The lowest BCUT2D eigenvalue weighted by Crippen LogP contribution is -2.35. The Morgan fingerprint density at radius 1 is 1.27 bits per heavy atom. The molecule has 0 amide bonds. The fraction of sp³-hybridized carbons (Fsp3) is 0.368. The lowest BCUT2D eigenvalue weighted by molar-refractivity contribution is 0.408. The third-order valence-corrected chi connectivity index (χ3v) is 5.22. The summed E-state index contributed by atoms with van der Waals surface area (Å²) in [6.45, 7) is 0. The number of nitrogens with one attached hydrogen (secondary N) is 1. The summed E-state index contributed by atoms with van der Waals surface area (Å²) in [6.07, 6.45) is 8.04. The summed E-state index contributed by atoms with van der Waals surface area (Å²) in [6, 6.07) is 8.84. The van der Waals surface area contributed by atoms with Crippen LogP contribution in [-0.4, -0.2) is 26.6 Å². The Kier molecular flexibility index (Phi) is 5.70. The first kappa shape index (κ1) is 19.0. The molecule has 2 atom stereocenters. The number of anilines is 1. The molecule has 1 saturated carbocycles. The largest absolute Gasteiger partial charge is 0.351 e. The summed E-state index contributed by atoms with van der Waals surface area (Å²) < 4.78 is 2.09. The zero-order valence-electron chi connectivity index (χ0n) is 14.7. The van der Waals surface area contributed by atoms with E-state index in [2.05, 4.69) is 33.2 Å². The third-order valence-electron chi connectivity index (χ3n) is 4.94. The molecule has 0 saturated heterocycles. The van der Waals surface area contributed by atoms with Crippen molar-refractivity contribution in [2.45, 2.75) is 37.8 Å². The van der Waals surface area contributed by atoms with E-state index in [9.17, 15) is 0 Å². The molecule has 2 aromatic heterocycles. The highest BCUT2D eigenvalue weighted by atomic mass is 35.5. The van der Waals surface area contributed by atoms with Gasteiger partial charge in [0.05, 0.1) is 16.9 Å². The molecule has 1 aliphatic carbocycles. The zero-order chi connectivity index (χ0) is 17.4. The van der Waals surface area contributed by atoms with Gasteiger partial charge in [0.15, 0.2) is 0 Å². The molecule has 0 aliphatic heterocycles. The second kappa shape index (κ2) is 7.82. The molecule has 1 aliphatic rings.